The Morgan fingerprint density at radius 3 is 2.65 bits per heavy atom. The SMILES string of the molecule is NC(Cc1ccc(Br)s1)c1cccc(Cl)c1Cl. The van der Waals surface area contributed by atoms with Gasteiger partial charge in [-0.1, -0.05) is 35.3 Å². The number of nitrogens with two attached hydrogens (primary N) is 1. The molecule has 1 aromatic heterocycles. The van der Waals surface area contributed by atoms with Crippen molar-refractivity contribution >= 4 is 50.5 Å². The zero-order valence-corrected chi connectivity index (χ0v) is 12.7. The first-order valence-corrected chi connectivity index (χ1v) is 7.38. The minimum absolute atomic E-state index is 0.133. The van der Waals surface area contributed by atoms with Crippen molar-refractivity contribution in [3.8, 4) is 0 Å². The fraction of sp³-hybridized carbons (Fsp3) is 0.167. The molecule has 1 nitrogen and oxygen atoms in total. The topological polar surface area (TPSA) is 26.0 Å². The van der Waals surface area contributed by atoms with Gasteiger partial charge >= 0.3 is 0 Å². The molecule has 0 fully saturated rings. The first-order valence-electron chi connectivity index (χ1n) is 5.01. The molecular weight excluding hydrogens is 341 g/mol. The van der Waals surface area contributed by atoms with Crippen molar-refractivity contribution in [2.24, 2.45) is 5.73 Å². The molecule has 0 saturated heterocycles. The minimum Gasteiger partial charge on any atom is -0.324 e. The van der Waals surface area contributed by atoms with Crippen molar-refractivity contribution in [2.75, 3.05) is 0 Å². The van der Waals surface area contributed by atoms with E-state index in [1.807, 2.05) is 18.2 Å². The van der Waals surface area contributed by atoms with Crippen molar-refractivity contribution < 1.29 is 0 Å². The molecule has 90 valence electrons. The number of thiophene rings is 1. The van der Waals surface area contributed by atoms with Gasteiger partial charge in [-0.05, 0) is 39.7 Å². The molecule has 0 bridgehead atoms. The van der Waals surface area contributed by atoms with Crippen molar-refractivity contribution in [1.29, 1.82) is 0 Å². The summed E-state index contributed by atoms with van der Waals surface area (Å²) in [4.78, 5) is 1.22. The van der Waals surface area contributed by atoms with E-state index >= 15 is 0 Å². The highest BCUT2D eigenvalue weighted by molar-refractivity contribution is 9.11. The molecule has 1 unspecified atom stereocenters. The standard InChI is InChI=1S/C12H10BrCl2NS/c13-11-5-4-7(17-11)6-10(16)8-2-1-3-9(14)12(8)15/h1-5,10H,6,16H2. The fourth-order valence-corrected chi connectivity index (χ4v) is 3.58. The number of hydrogen-bond donors (Lipinski definition) is 1. The van der Waals surface area contributed by atoms with E-state index in [1.165, 1.54) is 4.88 Å². The summed E-state index contributed by atoms with van der Waals surface area (Å²) in [5, 5.41) is 1.10. The maximum atomic E-state index is 6.15. The third-order valence-corrected chi connectivity index (χ3v) is 4.91. The lowest BCUT2D eigenvalue weighted by Crippen LogP contribution is -2.13. The van der Waals surface area contributed by atoms with E-state index in [4.69, 9.17) is 28.9 Å². The van der Waals surface area contributed by atoms with Gasteiger partial charge in [-0.15, -0.1) is 11.3 Å². The maximum absolute atomic E-state index is 6.15. The molecule has 17 heavy (non-hydrogen) atoms. The van der Waals surface area contributed by atoms with E-state index in [0.29, 0.717) is 10.0 Å². The summed E-state index contributed by atoms with van der Waals surface area (Å²) < 4.78 is 1.11. The molecule has 0 aliphatic rings. The average Bonchev–Trinajstić information content (AvgIpc) is 2.68. The van der Waals surface area contributed by atoms with Crippen LogP contribution in [0.25, 0.3) is 0 Å². The second-order valence-electron chi connectivity index (χ2n) is 3.66. The van der Waals surface area contributed by atoms with E-state index in [2.05, 4.69) is 22.0 Å². The molecule has 0 saturated carbocycles. The van der Waals surface area contributed by atoms with Crippen LogP contribution in [0.15, 0.2) is 34.1 Å². The van der Waals surface area contributed by atoms with Crippen LogP contribution < -0.4 is 5.73 Å². The Bertz CT molecular complexity index is 527. The van der Waals surface area contributed by atoms with Gasteiger partial charge in [0.25, 0.3) is 0 Å². The summed E-state index contributed by atoms with van der Waals surface area (Å²) in [5.41, 5.74) is 7.05. The lowest BCUT2D eigenvalue weighted by atomic mass is 10.0. The first kappa shape index (κ1) is 13.4. The predicted molar refractivity (Wildman–Crippen MR) is 79.1 cm³/mol. The highest BCUT2D eigenvalue weighted by atomic mass is 79.9. The number of benzene rings is 1. The Balaban J connectivity index is 2.20. The highest BCUT2D eigenvalue weighted by Crippen LogP contribution is 2.32. The van der Waals surface area contributed by atoms with Crippen LogP contribution in [0.2, 0.25) is 10.0 Å². The van der Waals surface area contributed by atoms with Gasteiger partial charge < -0.3 is 5.73 Å². The lowest BCUT2D eigenvalue weighted by Gasteiger charge is -2.13. The van der Waals surface area contributed by atoms with Crippen molar-refractivity contribution in [3.63, 3.8) is 0 Å². The molecule has 1 atom stereocenters. The van der Waals surface area contributed by atoms with Gasteiger partial charge in [0, 0.05) is 17.3 Å². The molecule has 1 aromatic carbocycles. The van der Waals surface area contributed by atoms with Crippen molar-refractivity contribution in [3.05, 3.63) is 54.6 Å². The number of rotatable bonds is 3. The van der Waals surface area contributed by atoms with E-state index < -0.39 is 0 Å². The maximum Gasteiger partial charge on any atom is 0.0701 e. The van der Waals surface area contributed by atoms with E-state index in [-0.39, 0.29) is 6.04 Å². The Morgan fingerprint density at radius 2 is 2.00 bits per heavy atom. The molecule has 0 spiro atoms. The third-order valence-electron chi connectivity index (χ3n) is 2.43. The summed E-state index contributed by atoms with van der Waals surface area (Å²) in [6.07, 6.45) is 0.760. The van der Waals surface area contributed by atoms with Crippen LogP contribution in [0.3, 0.4) is 0 Å². The zero-order valence-electron chi connectivity index (χ0n) is 8.79. The molecule has 0 radical (unpaired) electrons. The molecule has 5 heteroatoms. The van der Waals surface area contributed by atoms with Gasteiger partial charge in [0.1, 0.15) is 0 Å². The van der Waals surface area contributed by atoms with Gasteiger partial charge in [0.15, 0.2) is 0 Å². The molecule has 0 amide bonds. The van der Waals surface area contributed by atoms with Crippen LogP contribution in [-0.4, -0.2) is 0 Å². The molecular formula is C12H10BrCl2NS. The van der Waals surface area contributed by atoms with Crippen LogP contribution in [0.1, 0.15) is 16.5 Å². The molecule has 2 N–H and O–H groups in total. The summed E-state index contributed by atoms with van der Waals surface area (Å²) in [6.45, 7) is 0. The van der Waals surface area contributed by atoms with Crippen molar-refractivity contribution in [2.45, 2.75) is 12.5 Å². The minimum atomic E-state index is -0.133. The number of hydrogen-bond acceptors (Lipinski definition) is 2. The van der Waals surface area contributed by atoms with Gasteiger partial charge in [0.2, 0.25) is 0 Å². The van der Waals surface area contributed by atoms with Crippen molar-refractivity contribution in [1.82, 2.24) is 0 Å². The Morgan fingerprint density at radius 1 is 1.24 bits per heavy atom. The molecule has 0 aliphatic heterocycles. The fourth-order valence-electron chi connectivity index (χ4n) is 1.59. The molecule has 1 heterocycles. The van der Waals surface area contributed by atoms with E-state index in [0.717, 1.165) is 15.8 Å². The van der Waals surface area contributed by atoms with Crippen LogP contribution in [0.5, 0.6) is 0 Å². The third kappa shape index (κ3) is 3.24. The van der Waals surface area contributed by atoms with Crippen LogP contribution >= 0.6 is 50.5 Å². The summed E-state index contributed by atoms with van der Waals surface area (Å²) >= 11 is 17.2. The monoisotopic (exact) mass is 349 g/mol. The van der Waals surface area contributed by atoms with E-state index in [9.17, 15) is 0 Å². The molecule has 2 aromatic rings. The Hall–Kier alpha value is -0.0600. The predicted octanol–water partition coefficient (Wildman–Crippen LogP) is 5.06. The highest BCUT2D eigenvalue weighted by Gasteiger charge is 2.13. The molecule has 0 aliphatic carbocycles. The van der Waals surface area contributed by atoms with Crippen LogP contribution in [-0.2, 0) is 6.42 Å². The van der Waals surface area contributed by atoms with Gasteiger partial charge in [0.05, 0.1) is 13.8 Å². The van der Waals surface area contributed by atoms with Gasteiger partial charge in [-0.25, -0.2) is 0 Å². The average molecular weight is 351 g/mol. The largest absolute Gasteiger partial charge is 0.324 e. The van der Waals surface area contributed by atoms with Gasteiger partial charge in [-0.3, -0.25) is 0 Å². The Labute approximate surface area is 123 Å². The smallest absolute Gasteiger partial charge is 0.0701 e. The first-order chi connectivity index (χ1) is 8.08. The number of halogens is 3. The second-order valence-corrected chi connectivity index (χ2v) is 6.99. The lowest BCUT2D eigenvalue weighted by molar-refractivity contribution is 0.730. The van der Waals surface area contributed by atoms with Crippen LogP contribution in [0, 0.1) is 0 Å². The summed E-state index contributed by atoms with van der Waals surface area (Å²) in [5.74, 6) is 0. The Kier molecular flexibility index (Phi) is 4.50. The van der Waals surface area contributed by atoms with E-state index in [1.54, 1.807) is 17.4 Å². The normalized spacial score (nSPS) is 12.7. The zero-order chi connectivity index (χ0) is 12.4. The quantitative estimate of drug-likeness (QED) is 0.822. The summed E-state index contributed by atoms with van der Waals surface area (Å²) in [7, 11) is 0. The van der Waals surface area contributed by atoms with Crippen LogP contribution in [0.4, 0.5) is 0 Å². The second kappa shape index (κ2) is 5.72. The summed E-state index contributed by atoms with van der Waals surface area (Å²) in [6, 6.07) is 9.50. The molecule has 2 rings (SSSR count). The van der Waals surface area contributed by atoms with Gasteiger partial charge in [-0.2, -0.15) is 0 Å².